The lowest BCUT2D eigenvalue weighted by atomic mass is 10.2. The van der Waals surface area contributed by atoms with Crippen molar-refractivity contribution in [3.8, 4) is 0 Å². The number of pyridine rings is 1. The number of nitrogens with zero attached hydrogens (tertiary/aromatic N) is 2. The van der Waals surface area contributed by atoms with E-state index in [1.54, 1.807) is 24.5 Å². The highest BCUT2D eigenvalue weighted by molar-refractivity contribution is 5.87. The van der Waals surface area contributed by atoms with Gasteiger partial charge in [0.25, 0.3) is 0 Å². The molecule has 2 aromatic heterocycles. The Balaban J connectivity index is 2.11. The zero-order valence-electron chi connectivity index (χ0n) is 9.26. The maximum atomic E-state index is 10.9. The van der Waals surface area contributed by atoms with E-state index in [1.165, 1.54) is 0 Å². The second kappa shape index (κ2) is 3.85. The number of fused-ring (bicyclic) bond motifs is 1. The Morgan fingerprint density at radius 1 is 1.53 bits per heavy atom. The molecule has 5 heteroatoms. The number of hydrogen-bond donors (Lipinski definition) is 2. The third-order valence-corrected chi connectivity index (χ3v) is 3.17. The van der Waals surface area contributed by atoms with Crippen LogP contribution >= 0.6 is 0 Å². The lowest BCUT2D eigenvalue weighted by Gasteiger charge is -2.09. The first-order chi connectivity index (χ1) is 8.25. The first-order valence-corrected chi connectivity index (χ1v) is 5.69. The highest BCUT2D eigenvalue weighted by Crippen LogP contribution is 2.23. The Kier molecular flexibility index (Phi) is 2.33. The summed E-state index contributed by atoms with van der Waals surface area (Å²) in [6, 6.07) is 3.63. The van der Waals surface area contributed by atoms with Gasteiger partial charge in [-0.05, 0) is 31.5 Å². The molecule has 2 aromatic rings. The van der Waals surface area contributed by atoms with Crippen LogP contribution < -0.4 is 5.32 Å². The summed E-state index contributed by atoms with van der Waals surface area (Å²) < 4.78 is 1.87. The molecule has 0 aliphatic carbocycles. The lowest BCUT2D eigenvalue weighted by molar-refractivity contribution is 0.0696. The summed E-state index contributed by atoms with van der Waals surface area (Å²) in [6.45, 7) is 0.998. The highest BCUT2D eigenvalue weighted by Gasteiger charge is 2.20. The molecule has 0 amide bonds. The molecule has 0 bridgehead atoms. The van der Waals surface area contributed by atoms with Gasteiger partial charge in [-0.3, -0.25) is 0 Å². The van der Waals surface area contributed by atoms with E-state index in [9.17, 15) is 4.79 Å². The average molecular weight is 231 g/mol. The smallest absolute Gasteiger partial charge is 0.337 e. The summed E-state index contributed by atoms with van der Waals surface area (Å²) in [5, 5.41) is 12.4. The minimum atomic E-state index is -0.911. The van der Waals surface area contributed by atoms with Crippen LogP contribution in [0.3, 0.4) is 0 Å². The second-order valence-corrected chi connectivity index (χ2v) is 4.28. The van der Waals surface area contributed by atoms with E-state index in [1.807, 2.05) is 4.40 Å². The molecule has 88 valence electrons. The Hall–Kier alpha value is -1.88. The van der Waals surface area contributed by atoms with Gasteiger partial charge >= 0.3 is 5.97 Å². The summed E-state index contributed by atoms with van der Waals surface area (Å²) in [4.78, 5) is 15.3. The van der Waals surface area contributed by atoms with Crippen molar-refractivity contribution in [2.75, 3.05) is 6.54 Å². The molecule has 1 aliphatic heterocycles. The molecule has 1 saturated heterocycles. The van der Waals surface area contributed by atoms with Gasteiger partial charge in [0.05, 0.1) is 23.3 Å². The van der Waals surface area contributed by atoms with Crippen LogP contribution in [0.5, 0.6) is 0 Å². The summed E-state index contributed by atoms with van der Waals surface area (Å²) in [5.41, 5.74) is 1.22. The Morgan fingerprint density at radius 3 is 3.12 bits per heavy atom. The van der Waals surface area contributed by atoms with Crippen molar-refractivity contribution in [2.24, 2.45) is 0 Å². The van der Waals surface area contributed by atoms with Crippen molar-refractivity contribution >= 4 is 11.5 Å². The Morgan fingerprint density at radius 2 is 2.41 bits per heavy atom. The monoisotopic (exact) mass is 231 g/mol. The quantitative estimate of drug-likeness (QED) is 0.821. The topological polar surface area (TPSA) is 66.6 Å². The Bertz CT molecular complexity index is 570. The zero-order valence-corrected chi connectivity index (χ0v) is 9.26. The molecule has 1 atom stereocenters. The number of hydrogen-bond acceptors (Lipinski definition) is 3. The van der Waals surface area contributed by atoms with Crippen LogP contribution in [0.25, 0.3) is 5.52 Å². The van der Waals surface area contributed by atoms with E-state index in [4.69, 9.17) is 5.11 Å². The van der Waals surface area contributed by atoms with E-state index < -0.39 is 5.97 Å². The van der Waals surface area contributed by atoms with Crippen molar-refractivity contribution in [1.82, 2.24) is 14.7 Å². The van der Waals surface area contributed by atoms with Gasteiger partial charge in [0.2, 0.25) is 0 Å². The van der Waals surface area contributed by atoms with Gasteiger partial charge in [-0.1, -0.05) is 0 Å². The molecule has 3 rings (SSSR count). The maximum Gasteiger partial charge on any atom is 0.337 e. The molecule has 17 heavy (non-hydrogen) atoms. The number of aromatic nitrogens is 2. The molecule has 1 aliphatic rings. The third-order valence-electron chi connectivity index (χ3n) is 3.17. The minimum absolute atomic E-state index is 0.238. The van der Waals surface area contributed by atoms with E-state index in [0.717, 1.165) is 30.7 Å². The normalized spacial score (nSPS) is 19.9. The number of carboxylic acid groups (broad SMARTS) is 1. The van der Waals surface area contributed by atoms with Crippen molar-refractivity contribution in [3.05, 3.63) is 35.9 Å². The molecule has 3 heterocycles. The number of aromatic carboxylic acids is 1. The molecule has 2 N–H and O–H groups in total. The average Bonchev–Trinajstić information content (AvgIpc) is 2.96. The standard InChI is InChI=1S/C12H13N3O2/c16-12(17)8-3-4-9-6-14-11(15(9)7-8)10-2-1-5-13-10/h3-4,6-7,10,13H,1-2,5H2,(H,16,17). The Labute approximate surface area is 98.1 Å². The molecular weight excluding hydrogens is 218 g/mol. The first-order valence-electron chi connectivity index (χ1n) is 5.69. The summed E-state index contributed by atoms with van der Waals surface area (Å²) >= 11 is 0. The van der Waals surface area contributed by atoms with Gasteiger partial charge in [0.15, 0.2) is 0 Å². The van der Waals surface area contributed by atoms with Crippen LogP contribution in [0, 0.1) is 0 Å². The summed E-state index contributed by atoms with van der Waals surface area (Å²) in [7, 11) is 0. The van der Waals surface area contributed by atoms with Crippen molar-refractivity contribution in [1.29, 1.82) is 0 Å². The van der Waals surface area contributed by atoms with Crippen LogP contribution in [0.4, 0.5) is 0 Å². The van der Waals surface area contributed by atoms with Crippen LogP contribution in [0.2, 0.25) is 0 Å². The fraction of sp³-hybridized carbons (Fsp3) is 0.333. The van der Waals surface area contributed by atoms with Crippen LogP contribution in [0.15, 0.2) is 24.5 Å². The van der Waals surface area contributed by atoms with Crippen LogP contribution in [0.1, 0.15) is 35.1 Å². The molecule has 1 fully saturated rings. The second-order valence-electron chi connectivity index (χ2n) is 4.28. The van der Waals surface area contributed by atoms with Gasteiger partial charge in [-0.2, -0.15) is 0 Å². The molecule has 0 aromatic carbocycles. The van der Waals surface area contributed by atoms with Crippen LogP contribution in [-0.2, 0) is 0 Å². The molecule has 0 spiro atoms. The lowest BCUT2D eigenvalue weighted by Crippen LogP contribution is -2.16. The van der Waals surface area contributed by atoms with Gasteiger partial charge in [0, 0.05) is 6.20 Å². The fourth-order valence-corrected chi connectivity index (χ4v) is 2.30. The van der Waals surface area contributed by atoms with E-state index in [0.29, 0.717) is 0 Å². The molecular formula is C12H13N3O2. The molecule has 5 nitrogen and oxygen atoms in total. The number of carboxylic acids is 1. The first kappa shape index (κ1) is 10.3. The van der Waals surface area contributed by atoms with Gasteiger partial charge in [0.1, 0.15) is 5.82 Å². The summed E-state index contributed by atoms with van der Waals surface area (Å²) in [6.07, 6.45) is 5.61. The van der Waals surface area contributed by atoms with E-state index in [-0.39, 0.29) is 11.6 Å². The summed E-state index contributed by atoms with van der Waals surface area (Å²) in [5.74, 6) is -0.00784. The fourth-order valence-electron chi connectivity index (χ4n) is 2.30. The number of nitrogens with one attached hydrogen (secondary N) is 1. The van der Waals surface area contributed by atoms with Crippen LogP contribution in [-0.4, -0.2) is 27.0 Å². The maximum absolute atomic E-state index is 10.9. The molecule has 0 saturated carbocycles. The molecule has 0 radical (unpaired) electrons. The SMILES string of the molecule is O=C(O)c1ccc2cnc(C3CCCN3)n2c1. The van der Waals surface area contributed by atoms with E-state index >= 15 is 0 Å². The number of carbonyl (C=O) groups is 1. The van der Waals surface area contributed by atoms with E-state index in [2.05, 4.69) is 10.3 Å². The van der Waals surface area contributed by atoms with Crippen molar-refractivity contribution in [2.45, 2.75) is 18.9 Å². The van der Waals surface area contributed by atoms with Crippen molar-refractivity contribution < 1.29 is 9.90 Å². The molecule has 1 unspecified atom stereocenters. The highest BCUT2D eigenvalue weighted by atomic mass is 16.4. The van der Waals surface area contributed by atoms with Gasteiger partial charge in [-0.25, -0.2) is 9.78 Å². The largest absolute Gasteiger partial charge is 0.478 e. The zero-order chi connectivity index (χ0) is 11.8. The third kappa shape index (κ3) is 1.68. The minimum Gasteiger partial charge on any atom is -0.478 e. The number of imidazole rings is 1. The van der Waals surface area contributed by atoms with Gasteiger partial charge in [-0.15, -0.1) is 0 Å². The van der Waals surface area contributed by atoms with Crippen molar-refractivity contribution in [3.63, 3.8) is 0 Å². The van der Waals surface area contributed by atoms with Gasteiger partial charge < -0.3 is 14.8 Å². The predicted octanol–water partition coefficient (Wildman–Crippen LogP) is 1.46. The predicted molar refractivity (Wildman–Crippen MR) is 62.1 cm³/mol. The number of rotatable bonds is 2.